The molecule has 2 N–H and O–H groups in total. The molecule has 0 aliphatic carbocycles. The largest absolute Gasteiger partial charge is 0.342 e. The molecule has 140 valence electrons. The van der Waals surface area contributed by atoms with E-state index in [1.165, 1.54) is 0 Å². The lowest BCUT2D eigenvalue weighted by molar-refractivity contribution is -0.130. The lowest BCUT2D eigenvalue weighted by atomic mass is 10.1. The number of fused-ring (bicyclic) bond motifs is 1. The van der Waals surface area contributed by atoms with Gasteiger partial charge >= 0.3 is 6.03 Å². The normalized spacial score (nSPS) is 15.4. The maximum absolute atomic E-state index is 12.7. The number of nitrogens with zero attached hydrogens (tertiary/aromatic N) is 3. The summed E-state index contributed by atoms with van der Waals surface area (Å²) in [6, 6.07) is 5.97. The van der Waals surface area contributed by atoms with Gasteiger partial charge in [0, 0.05) is 32.2 Å². The number of benzene rings is 1. The fraction of sp³-hybridized carbons (Fsp3) is 0.526. The Morgan fingerprint density at radius 3 is 2.69 bits per heavy atom. The number of aryl methyl sites for hydroxylation is 1. The zero-order valence-electron chi connectivity index (χ0n) is 15.7. The summed E-state index contributed by atoms with van der Waals surface area (Å²) in [7, 11) is 0. The summed E-state index contributed by atoms with van der Waals surface area (Å²) in [6.07, 6.45) is 1.17. The van der Waals surface area contributed by atoms with Gasteiger partial charge in [0.1, 0.15) is 5.82 Å². The lowest BCUT2D eigenvalue weighted by Crippen LogP contribution is -2.45. The summed E-state index contributed by atoms with van der Waals surface area (Å²) in [5, 5.41) is 2.92. The van der Waals surface area contributed by atoms with Crippen molar-refractivity contribution >= 4 is 23.0 Å². The average molecular weight is 357 g/mol. The monoisotopic (exact) mass is 357 g/mol. The molecule has 0 radical (unpaired) electrons. The molecule has 0 atom stereocenters. The number of aromatic nitrogens is 2. The van der Waals surface area contributed by atoms with E-state index in [9.17, 15) is 9.59 Å². The number of hydrogen-bond acceptors (Lipinski definition) is 3. The molecule has 1 aromatic heterocycles. The fourth-order valence-electron chi connectivity index (χ4n) is 3.29. The second-order valence-electron chi connectivity index (χ2n) is 7.18. The molecule has 2 heterocycles. The number of nitrogens with one attached hydrogen (secondary N) is 2. The first-order valence-electron chi connectivity index (χ1n) is 9.21. The van der Waals surface area contributed by atoms with Crippen molar-refractivity contribution in [1.82, 2.24) is 25.1 Å². The van der Waals surface area contributed by atoms with Crippen molar-refractivity contribution in [3.05, 3.63) is 29.6 Å². The van der Waals surface area contributed by atoms with Crippen LogP contribution in [0, 0.1) is 6.92 Å². The van der Waals surface area contributed by atoms with E-state index in [-0.39, 0.29) is 18.0 Å². The molecular formula is C19H27N5O2. The van der Waals surface area contributed by atoms with Crippen LogP contribution in [0.3, 0.4) is 0 Å². The van der Waals surface area contributed by atoms with Gasteiger partial charge < -0.3 is 20.1 Å². The quantitative estimate of drug-likeness (QED) is 0.882. The third kappa shape index (κ3) is 4.33. The van der Waals surface area contributed by atoms with Gasteiger partial charge in [-0.3, -0.25) is 4.79 Å². The van der Waals surface area contributed by atoms with Crippen molar-refractivity contribution in [2.75, 3.05) is 26.2 Å². The van der Waals surface area contributed by atoms with Crippen LogP contribution in [0.15, 0.2) is 18.2 Å². The summed E-state index contributed by atoms with van der Waals surface area (Å²) in [5.74, 6) is 0.975. The molecule has 0 bridgehead atoms. The Balaban J connectivity index is 1.59. The molecule has 1 aliphatic heterocycles. The van der Waals surface area contributed by atoms with Crippen LogP contribution in [0.1, 0.15) is 31.7 Å². The van der Waals surface area contributed by atoms with Gasteiger partial charge in [0.05, 0.1) is 17.5 Å². The van der Waals surface area contributed by atoms with Gasteiger partial charge in [-0.1, -0.05) is 6.07 Å². The Morgan fingerprint density at radius 1 is 1.19 bits per heavy atom. The van der Waals surface area contributed by atoms with E-state index in [0.717, 1.165) is 28.8 Å². The third-order valence-electron chi connectivity index (χ3n) is 4.57. The minimum Gasteiger partial charge on any atom is -0.342 e. The summed E-state index contributed by atoms with van der Waals surface area (Å²) < 4.78 is 0. The van der Waals surface area contributed by atoms with Gasteiger partial charge in [-0.05, 0) is 44.9 Å². The number of H-pyrrole nitrogens is 1. The van der Waals surface area contributed by atoms with Crippen LogP contribution < -0.4 is 5.32 Å². The molecular weight excluding hydrogens is 330 g/mol. The van der Waals surface area contributed by atoms with E-state index >= 15 is 0 Å². The number of amides is 3. The molecule has 0 unspecified atom stereocenters. The van der Waals surface area contributed by atoms with E-state index in [1.54, 1.807) is 4.90 Å². The average Bonchev–Trinajstić information content (AvgIpc) is 2.79. The molecule has 0 spiro atoms. The molecule has 7 heteroatoms. The minimum absolute atomic E-state index is 0.0469. The van der Waals surface area contributed by atoms with Crippen molar-refractivity contribution < 1.29 is 9.59 Å². The Morgan fingerprint density at radius 2 is 1.92 bits per heavy atom. The van der Waals surface area contributed by atoms with E-state index < -0.39 is 0 Å². The predicted octanol–water partition coefficient (Wildman–Crippen LogP) is 2.07. The number of rotatable bonds is 3. The summed E-state index contributed by atoms with van der Waals surface area (Å²) >= 11 is 0. The Labute approximate surface area is 153 Å². The highest BCUT2D eigenvalue weighted by Crippen LogP contribution is 2.15. The van der Waals surface area contributed by atoms with Gasteiger partial charge in [-0.25, -0.2) is 9.78 Å². The van der Waals surface area contributed by atoms with Crippen LogP contribution in [0.5, 0.6) is 0 Å². The van der Waals surface area contributed by atoms with E-state index in [4.69, 9.17) is 0 Å². The number of imidazole rings is 1. The molecule has 1 aromatic carbocycles. The van der Waals surface area contributed by atoms with Crippen LogP contribution in [-0.4, -0.2) is 63.9 Å². The second-order valence-corrected chi connectivity index (χ2v) is 7.18. The standard InChI is InChI=1S/C19H27N5O2/c1-13(2)20-19(26)24-8-4-7-23(9-10-24)18(25)12-15-5-6-16-17(11-15)22-14(3)21-16/h5-6,11,13H,4,7-10,12H2,1-3H3,(H,20,26)(H,21,22). The number of aromatic amines is 1. The first-order chi connectivity index (χ1) is 12.4. The fourth-order valence-corrected chi connectivity index (χ4v) is 3.29. The van der Waals surface area contributed by atoms with E-state index in [1.807, 2.05) is 43.9 Å². The lowest BCUT2D eigenvalue weighted by Gasteiger charge is -2.23. The topological polar surface area (TPSA) is 81.3 Å². The van der Waals surface area contributed by atoms with Gasteiger partial charge in [-0.2, -0.15) is 0 Å². The molecule has 3 rings (SSSR count). The van der Waals surface area contributed by atoms with E-state index in [0.29, 0.717) is 32.6 Å². The molecule has 1 aliphatic rings. The number of urea groups is 1. The maximum atomic E-state index is 12.7. The maximum Gasteiger partial charge on any atom is 0.317 e. The van der Waals surface area contributed by atoms with Crippen molar-refractivity contribution in [3.8, 4) is 0 Å². The molecule has 26 heavy (non-hydrogen) atoms. The molecule has 7 nitrogen and oxygen atoms in total. The number of carbonyl (C=O) groups is 2. The van der Waals surface area contributed by atoms with Crippen molar-refractivity contribution in [2.45, 2.75) is 39.7 Å². The Kier molecular flexibility index (Phi) is 5.44. The summed E-state index contributed by atoms with van der Waals surface area (Å²) in [4.78, 5) is 36.1. The Bertz CT molecular complexity index is 798. The smallest absolute Gasteiger partial charge is 0.317 e. The predicted molar refractivity (Wildman–Crippen MR) is 101 cm³/mol. The molecule has 1 fully saturated rings. The second kappa shape index (κ2) is 7.76. The SMILES string of the molecule is Cc1nc2ccc(CC(=O)N3CCCN(C(=O)NC(C)C)CC3)cc2[nH]1. The van der Waals surface area contributed by atoms with E-state index in [2.05, 4.69) is 15.3 Å². The zero-order valence-corrected chi connectivity index (χ0v) is 15.7. The first kappa shape index (κ1) is 18.2. The van der Waals surface area contributed by atoms with Crippen LogP contribution in [0.25, 0.3) is 11.0 Å². The number of carbonyl (C=O) groups excluding carboxylic acids is 2. The van der Waals surface area contributed by atoms with Gasteiger partial charge in [0.15, 0.2) is 0 Å². The van der Waals surface area contributed by atoms with Crippen molar-refractivity contribution in [1.29, 1.82) is 0 Å². The molecule has 3 amide bonds. The van der Waals surface area contributed by atoms with Gasteiger partial charge in [-0.15, -0.1) is 0 Å². The van der Waals surface area contributed by atoms with Gasteiger partial charge in [0.25, 0.3) is 0 Å². The van der Waals surface area contributed by atoms with Crippen LogP contribution in [0.2, 0.25) is 0 Å². The molecule has 0 saturated carbocycles. The van der Waals surface area contributed by atoms with Crippen molar-refractivity contribution in [3.63, 3.8) is 0 Å². The van der Waals surface area contributed by atoms with Gasteiger partial charge in [0.2, 0.25) is 5.91 Å². The summed E-state index contributed by atoms with van der Waals surface area (Å²) in [6.45, 7) is 8.34. The highest BCUT2D eigenvalue weighted by Gasteiger charge is 2.22. The molecule has 2 aromatic rings. The van der Waals surface area contributed by atoms with Crippen LogP contribution >= 0.6 is 0 Å². The van der Waals surface area contributed by atoms with Crippen LogP contribution in [0.4, 0.5) is 4.79 Å². The van der Waals surface area contributed by atoms with Crippen molar-refractivity contribution in [2.24, 2.45) is 0 Å². The van der Waals surface area contributed by atoms with Crippen LogP contribution in [-0.2, 0) is 11.2 Å². The summed E-state index contributed by atoms with van der Waals surface area (Å²) in [5.41, 5.74) is 2.85. The highest BCUT2D eigenvalue weighted by atomic mass is 16.2. The highest BCUT2D eigenvalue weighted by molar-refractivity contribution is 5.82. The number of hydrogen-bond donors (Lipinski definition) is 2. The first-order valence-corrected chi connectivity index (χ1v) is 9.21. The Hall–Kier alpha value is -2.57. The third-order valence-corrected chi connectivity index (χ3v) is 4.57. The molecule has 1 saturated heterocycles. The minimum atomic E-state index is -0.0469. The zero-order chi connectivity index (χ0) is 18.7.